The number of anilines is 2. The third-order valence-corrected chi connectivity index (χ3v) is 6.28. The fraction of sp³-hybridized carbons (Fsp3) is 0.100. The highest BCUT2D eigenvalue weighted by molar-refractivity contribution is 6.04. The van der Waals surface area contributed by atoms with Crippen LogP contribution in [0.2, 0.25) is 0 Å². The number of benzene rings is 4. The Labute approximate surface area is 223 Å². The minimum Gasteiger partial charge on any atom is -0.438 e. The van der Waals surface area contributed by atoms with Crippen molar-refractivity contribution in [3.05, 3.63) is 131 Å². The van der Waals surface area contributed by atoms with Crippen molar-refractivity contribution in [1.82, 2.24) is 4.90 Å². The van der Waals surface area contributed by atoms with E-state index in [2.05, 4.69) is 10.6 Å². The molecule has 5 rings (SSSR count). The first-order chi connectivity index (χ1) is 18.9. The summed E-state index contributed by atoms with van der Waals surface area (Å²) < 4.78 is 33.0. The van der Waals surface area contributed by atoms with Gasteiger partial charge in [0.2, 0.25) is 0 Å². The number of halogens is 2. The van der Waals surface area contributed by atoms with Crippen LogP contribution < -0.4 is 10.6 Å². The van der Waals surface area contributed by atoms with Gasteiger partial charge in [0.05, 0.1) is 12.1 Å². The molecule has 0 unspecified atom stereocenters. The van der Waals surface area contributed by atoms with Crippen LogP contribution in [0.5, 0.6) is 0 Å². The van der Waals surface area contributed by atoms with E-state index in [4.69, 9.17) is 4.74 Å². The molecule has 0 spiro atoms. The molecular weight excluding hydrogens is 504 g/mol. The van der Waals surface area contributed by atoms with Crippen LogP contribution in [0.1, 0.15) is 27.6 Å². The van der Waals surface area contributed by atoms with Gasteiger partial charge in [0.15, 0.2) is 12.1 Å². The van der Waals surface area contributed by atoms with Crippen molar-refractivity contribution in [2.24, 2.45) is 0 Å². The molecule has 1 heterocycles. The zero-order chi connectivity index (χ0) is 27.4. The molecule has 196 valence electrons. The average Bonchev–Trinajstić information content (AvgIpc) is 3.26. The van der Waals surface area contributed by atoms with Gasteiger partial charge in [0.25, 0.3) is 11.8 Å². The first-order valence-electron chi connectivity index (χ1n) is 12.1. The predicted molar refractivity (Wildman–Crippen MR) is 141 cm³/mol. The van der Waals surface area contributed by atoms with Gasteiger partial charge in [-0.05, 0) is 59.7 Å². The summed E-state index contributed by atoms with van der Waals surface area (Å²) in [4.78, 5) is 40.2. The third kappa shape index (κ3) is 5.77. The van der Waals surface area contributed by atoms with Crippen molar-refractivity contribution in [3.63, 3.8) is 0 Å². The van der Waals surface area contributed by atoms with Gasteiger partial charge < -0.3 is 15.4 Å². The Morgan fingerprint density at radius 2 is 1.38 bits per heavy atom. The van der Waals surface area contributed by atoms with Crippen LogP contribution in [0, 0.1) is 11.6 Å². The van der Waals surface area contributed by atoms with Gasteiger partial charge in [0.1, 0.15) is 11.6 Å². The zero-order valence-electron chi connectivity index (χ0n) is 20.5. The Kier molecular flexibility index (Phi) is 7.31. The van der Waals surface area contributed by atoms with Crippen molar-refractivity contribution in [2.75, 3.05) is 10.6 Å². The molecule has 0 aliphatic carbocycles. The fourth-order valence-electron chi connectivity index (χ4n) is 4.34. The van der Waals surface area contributed by atoms with Crippen molar-refractivity contribution in [3.8, 4) is 0 Å². The first kappa shape index (κ1) is 25.6. The molecule has 0 radical (unpaired) electrons. The van der Waals surface area contributed by atoms with Gasteiger partial charge in [-0.25, -0.2) is 13.6 Å². The lowest BCUT2D eigenvalue weighted by Crippen LogP contribution is -2.43. The summed E-state index contributed by atoms with van der Waals surface area (Å²) >= 11 is 0. The highest BCUT2D eigenvalue weighted by Gasteiger charge is 2.47. The van der Waals surface area contributed by atoms with Crippen molar-refractivity contribution < 1.29 is 27.9 Å². The van der Waals surface area contributed by atoms with Crippen LogP contribution in [0.4, 0.5) is 25.0 Å². The fourth-order valence-corrected chi connectivity index (χ4v) is 4.34. The molecule has 7 nitrogen and oxygen atoms in total. The minimum absolute atomic E-state index is 0.0969. The minimum atomic E-state index is -1.04. The Balaban J connectivity index is 1.39. The van der Waals surface area contributed by atoms with Crippen molar-refractivity contribution in [2.45, 2.75) is 18.7 Å². The van der Waals surface area contributed by atoms with E-state index in [-0.39, 0.29) is 12.1 Å². The topological polar surface area (TPSA) is 87.7 Å². The summed E-state index contributed by atoms with van der Waals surface area (Å²) in [5, 5.41) is 5.37. The van der Waals surface area contributed by atoms with Gasteiger partial charge in [-0.15, -0.1) is 0 Å². The molecular formula is C30H23F2N3O4. The summed E-state index contributed by atoms with van der Waals surface area (Å²) in [7, 11) is 0. The lowest BCUT2D eigenvalue weighted by molar-refractivity contribution is -0.121. The molecule has 4 aromatic rings. The van der Waals surface area contributed by atoms with E-state index in [1.807, 2.05) is 30.3 Å². The van der Waals surface area contributed by atoms with Gasteiger partial charge in [-0.2, -0.15) is 0 Å². The van der Waals surface area contributed by atoms with Crippen molar-refractivity contribution >= 4 is 29.3 Å². The van der Waals surface area contributed by atoms with Gasteiger partial charge >= 0.3 is 6.09 Å². The summed E-state index contributed by atoms with van der Waals surface area (Å²) in [6.45, 7) is 0.133. The quantitative estimate of drug-likeness (QED) is 0.313. The maximum Gasteiger partial charge on any atom is 0.411 e. The second kappa shape index (κ2) is 11.1. The average molecular weight is 528 g/mol. The largest absolute Gasteiger partial charge is 0.438 e. The summed E-state index contributed by atoms with van der Waals surface area (Å²) in [5.74, 6) is -2.21. The lowest BCUT2D eigenvalue weighted by Gasteiger charge is -2.24. The summed E-state index contributed by atoms with van der Waals surface area (Å²) in [6.07, 6.45) is -1.63. The molecule has 1 fully saturated rings. The highest BCUT2D eigenvalue weighted by Crippen LogP contribution is 2.35. The van der Waals surface area contributed by atoms with Gasteiger partial charge in [-0.3, -0.25) is 14.5 Å². The van der Waals surface area contributed by atoms with E-state index >= 15 is 0 Å². The molecule has 1 aliphatic heterocycles. The summed E-state index contributed by atoms with van der Waals surface area (Å²) in [5.41, 5.74) is 1.98. The van der Waals surface area contributed by atoms with Crippen molar-refractivity contribution in [1.29, 1.82) is 0 Å². The van der Waals surface area contributed by atoms with E-state index in [0.29, 0.717) is 16.9 Å². The monoisotopic (exact) mass is 527 g/mol. The maximum atomic E-state index is 14.0. The molecule has 39 heavy (non-hydrogen) atoms. The molecule has 4 aromatic carbocycles. The number of rotatable bonds is 7. The maximum absolute atomic E-state index is 14.0. The number of nitrogens with one attached hydrogen (secondary N) is 2. The van der Waals surface area contributed by atoms with Crippen LogP contribution in [0.25, 0.3) is 0 Å². The number of carbonyl (C=O) groups is 3. The molecule has 1 aliphatic rings. The number of nitrogens with zero attached hydrogens (tertiary/aromatic N) is 1. The predicted octanol–water partition coefficient (Wildman–Crippen LogP) is 5.92. The number of ether oxygens (including phenoxy) is 1. The number of amides is 3. The van der Waals surface area contributed by atoms with E-state index in [1.54, 1.807) is 30.3 Å². The van der Waals surface area contributed by atoms with Crippen LogP contribution in [0.15, 0.2) is 103 Å². The SMILES string of the molecule is O=C(Nc1ccc([C@H]2OC(=O)N(Cc3ccccc3)[C@@H]2C(=O)Nc2ccc(F)cc2)cc1)c1ccccc1F. The smallest absolute Gasteiger partial charge is 0.411 e. The Morgan fingerprint density at radius 3 is 2.08 bits per heavy atom. The molecule has 1 saturated heterocycles. The van der Waals surface area contributed by atoms with Crippen LogP contribution >= 0.6 is 0 Å². The Bertz CT molecular complexity index is 1500. The second-order valence-electron chi connectivity index (χ2n) is 8.91. The lowest BCUT2D eigenvalue weighted by atomic mass is 10.00. The Hall–Kier alpha value is -5.05. The number of hydrogen-bond acceptors (Lipinski definition) is 4. The Morgan fingerprint density at radius 1 is 0.769 bits per heavy atom. The van der Waals surface area contributed by atoms with Crippen LogP contribution in [-0.2, 0) is 16.1 Å². The number of carbonyl (C=O) groups excluding carboxylic acids is 3. The normalized spacial score (nSPS) is 16.5. The molecule has 2 N–H and O–H groups in total. The molecule has 0 bridgehead atoms. The standard InChI is InChI=1S/C30H23F2N3O4/c31-21-12-16-23(17-13-21)34-29(37)26-27(39-30(38)35(26)18-19-6-2-1-3-7-19)20-10-14-22(15-11-20)33-28(36)24-8-4-5-9-25(24)32/h1-17,26-27H,18H2,(H,33,36)(H,34,37)/t26-,27+/m0/s1. The molecule has 0 aromatic heterocycles. The molecule has 9 heteroatoms. The van der Waals surface area contributed by atoms with Crippen LogP contribution in [0.3, 0.4) is 0 Å². The third-order valence-electron chi connectivity index (χ3n) is 6.28. The van der Waals surface area contributed by atoms with Gasteiger partial charge in [0, 0.05) is 11.4 Å². The zero-order valence-corrected chi connectivity index (χ0v) is 20.5. The second-order valence-corrected chi connectivity index (χ2v) is 8.91. The highest BCUT2D eigenvalue weighted by atomic mass is 19.1. The van der Waals surface area contributed by atoms with E-state index in [0.717, 1.165) is 5.56 Å². The summed E-state index contributed by atoms with van der Waals surface area (Å²) in [6, 6.07) is 25.5. The number of hydrogen-bond donors (Lipinski definition) is 2. The van der Waals surface area contributed by atoms with Crippen LogP contribution in [-0.4, -0.2) is 28.8 Å². The van der Waals surface area contributed by atoms with E-state index in [1.165, 1.54) is 47.4 Å². The molecule has 0 saturated carbocycles. The van der Waals surface area contributed by atoms with E-state index < -0.39 is 41.7 Å². The van der Waals surface area contributed by atoms with E-state index in [9.17, 15) is 23.2 Å². The molecule has 2 atom stereocenters. The van der Waals surface area contributed by atoms with Gasteiger partial charge in [-0.1, -0.05) is 54.6 Å². The molecule has 3 amide bonds. The number of cyclic esters (lactones) is 1. The first-order valence-corrected chi connectivity index (χ1v) is 12.1.